The highest BCUT2D eigenvalue weighted by Crippen LogP contribution is 2.37. The van der Waals surface area contributed by atoms with E-state index in [0.29, 0.717) is 60.4 Å². The Morgan fingerprint density at radius 2 is 1.90 bits per heavy atom. The van der Waals surface area contributed by atoms with E-state index in [2.05, 4.69) is 10.1 Å². The van der Waals surface area contributed by atoms with Gasteiger partial charge in [0, 0.05) is 44.9 Å². The van der Waals surface area contributed by atoms with E-state index in [0.717, 1.165) is 5.56 Å². The number of rotatable bonds is 4. The van der Waals surface area contributed by atoms with Gasteiger partial charge >= 0.3 is 0 Å². The van der Waals surface area contributed by atoms with Crippen LogP contribution in [-0.2, 0) is 17.6 Å². The van der Waals surface area contributed by atoms with Gasteiger partial charge in [-0.3, -0.25) is 14.6 Å². The van der Waals surface area contributed by atoms with Crippen LogP contribution in [0.4, 0.5) is 0 Å². The van der Waals surface area contributed by atoms with E-state index in [1.54, 1.807) is 7.05 Å². The van der Waals surface area contributed by atoms with Crippen LogP contribution in [0.1, 0.15) is 72.8 Å². The van der Waals surface area contributed by atoms with E-state index in [1.807, 2.05) is 44.2 Å². The predicted molar refractivity (Wildman–Crippen MR) is 118 cm³/mol. The molecule has 6 heteroatoms. The Bertz CT molecular complexity index is 1080. The molecule has 6 nitrogen and oxygen atoms in total. The second-order valence-corrected chi connectivity index (χ2v) is 9.30. The van der Waals surface area contributed by atoms with Gasteiger partial charge in [0.15, 0.2) is 11.6 Å². The van der Waals surface area contributed by atoms with Crippen LogP contribution in [0.2, 0.25) is 0 Å². The van der Waals surface area contributed by atoms with Gasteiger partial charge in [-0.1, -0.05) is 49.3 Å². The van der Waals surface area contributed by atoms with Crippen LogP contribution in [0, 0.1) is 5.41 Å². The number of fused-ring (bicyclic) bond motifs is 1. The summed E-state index contributed by atoms with van der Waals surface area (Å²) >= 11 is 0. The summed E-state index contributed by atoms with van der Waals surface area (Å²) in [5, 5.41) is 14.8. The molecule has 2 aliphatic rings. The summed E-state index contributed by atoms with van der Waals surface area (Å²) in [7, 11) is 1.65. The third kappa shape index (κ3) is 4.24. The Balaban J connectivity index is 1.52. The maximum Gasteiger partial charge on any atom is 0.168 e. The number of hydrogen-bond donors (Lipinski definition) is 1. The number of aliphatic hydroxyl groups excluding tert-OH is 1. The highest BCUT2D eigenvalue weighted by atomic mass is 16.5. The number of carbonyl (C=O) groups is 2. The van der Waals surface area contributed by atoms with E-state index in [9.17, 15) is 14.7 Å². The first-order valence-electron chi connectivity index (χ1n) is 10.8. The van der Waals surface area contributed by atoms with E-state index in [4.69, 9.17) is 4.52 Å². The summed E-state index contributed by atoms with van der Waals surface area (Å²) in [6.45, 7) is 4.06. The Kier molecular flexibility index (Phi) is 5.65. The number of hydrogen-bond acceptors (Lipinski definition) is 6. The van der Waals surface area contributed by atoms with Crippen LogP contribution in [-0.4, -0.2) is 34.6 Å². The standard InChI is InChI=1S/C25H28N2O4/c1-25(2)13-18(26-3)23(21(30)14-25)19(28)10-9-17-24-20(29)11-16(12-22(24)31-27-17)15-7-5-4-6-8-15/h4-8,16,28H,9-14H2,1-3H3/b23-19+,26-18?. The number of benzene rings is 1. The van der Waals surface area contributed by atoms with Crippen molar-refractivity contribution in [3.63, 3.8) is 0 Å². The molecule has 0 spiro atoms. The van der Waals surface area contributed by atoms with E-state index in [1.165, 1.54) is 0 Å². The van der Waals surface area contributed by atoms with Crippen LogP contribution < -0.4 is 0 Å². The Morgan fingerprint density at radius 3 is 2.61 bits per heavy atom. The van der Waals surface area contributed by atoms with Gasteiger partial charge in [-0.05, 0) is 23.3 Å². The second kappa shape index (κ2) is 8.25. The van der Waals surface area contributed by atoms with Crippen molar-refractivity contribution >= 4 is 17.3 Å². The largest absolute Gasteiger partial charge is 0.511 e. The van der Waals surface area contributed by atoms with Gasteiger partial charge in [0.2, 0.25) is 0 Å². The molecule has 1 saturated carbocycles. The number of aryl methyl sites for hydroxylation is 1. The lowest BCUT2D eigenvalue weighted by molar-refractivity contribution is -0.117. The van der Waals surface area contributed by atoms with E-state index >= 15 is 0 Å². The lowest BCUT2D eigenvalue weighted by atomic mass is 9.73. The summed E-state index contributed by atoms with van der Waals surface area (Å²) in [5.74, 6) is 0.647. The number of aliphatic imine (C=N–C) groups is 1. The average Bonchev–Trinajstić information content (AvgIpc) is 3.15. The molecule has 0 aliphatic heterocycles. The zero-order valence-electron chi connectivity index (χ0n) is 18.3. The summed E-state index contributed by atoms with van der Waals surface area (Å²) in [4.78, 5) is 29.8. The maximum atomic E-state index is 12.9. The van der Waals surface area contributed by atoms with Crippen molar-refractivity contribution in [3.05, 3.63) is 64.2 Å². The van der Waals surface area contributed by atoms with Crippen LogP contribution in [0.15, 0.2) is 51.2 Å². The molecule has 2 aliphatic carbocycles. The molecule has 31 heavy (non-hydrogen) atoms. The van der Waals surface area contributed by atoms with Crippen molar-refractivity contribution in [3.8, 4) is 0 Å². The smallest absolute Gasteiger partial charge is 0.168 e. The fourth-order valence-electron chi connectivity index (χ4n) is 4.74. The number of nitrogens with zero attached hydrogens (tertiary/aromatic N) is 2. The highest BCUT2D eigenvalue weighted by Gasteiger charge is 2.36. The van der Waals surface area contributed by atoms with Crippen molar-refractivity contribution in [2.45, 2.75) is 58.3 Å². The molecule has 162 valence electrons. The molecule has 0 saturated heterocycles. The normalized spacial score (nSPS) is 23.7. The number of aromatic nitrogens is 1. The van der Waals surface area contributed by atoms with Gasteiger partial charge in [-0.15, -0.1) is 0 Å². The zero-order valence-corrected chi connectivity index (χ0v) is 18.3. The Hall–Kier alpha value is -3.02. The first kappa shape index (κ1) is 21.2. The number of aliphatic hydroxyl groups is 1. The maximum absolute atomic E-state index is 12.9. The van der Waals surface area contributed by atoms with Crippen LogP contribution in [0.5, 0.6) is 0 Å². The van der Waals surface area contributed by atoms with Gasteiger partial charge < -0.3 is 9.63 Å². The SMILES string of the molecule is CN=C1CC(C)(C)CC(=O)/C1=C(/O)CCc1noc2c1C(=O)CC(c1ccccc1)C2. The van der Waals surface area contributed by atoms with Gasteiger partial charge in [-0.25, -0.2) is 0 Å². The Morgan fingerprint density at radius 1 is 1.16 bits per heavy atom. The zero-order chi connectivity index (χ0) is 22.2. The molecule has 1 heterocycles. The van der Waals surface area contributed by atoms with Gasteiger partial charge in [0.05, 0.1) is 16.8 Å². The summed E-state index contributed by atoms with van der Waals surface area (Å²) < 4.78 is 5.52. The van der Waals surface area contributed by atoms with Gasteiger partial charge in [-0.2, -0.15) is 0 Å². The van der Waals surface area contributed by atoms with E-state index < -0.39 is 0 Å². The minimum atomic E-state index is -0.164. The quantitative estimate of drug-likeness (QED) is 0.567. The Labute approximate surface area is 182 Å². The van der Waals surface area contributed by atoms with E-state index in [-0.39, 0.29) is 35.1 Å². The highest BCUT2D eigenvalue weighted by molar-refractivity contribution is 6.24. The van der Waals surface area contributed by atoms with Gasteiger partial charge in [0.25, 0.3) is 0 Å². The molecular formula is C25H28N2O4. The summed E-state index contributed by atoms with van der Waals surface area (Å²) in [5.41, 5.74) is 3.02. The van der Waals surface area contributed by atoms with Crippen molar-refractivity contribution in [2.24, 2.45) is 10.4 Å². The predicted octanol–water partition coefficient (Wildman–Crippen LogP) is 4.79. The monoisotopic (exact) mass is 420 g/mol. The van der Waals surface area contributed by atoms with Gasteiger partial charge in [0.1, 0.15) is 11.5 Å². The molecule has 1 unspecified atom stereocenters. The fraction of sp³-hybridized carbons (Fsp3) is 0.440. The number of ketones is 2. The van der Waals surface area contributed by atoms with Crippen molar-refractivity contribution in [2.75, 3.05) is 7.05 Å². The van der Waals surface area contributed by atoms with Crippen molar-refractivity contribution in [1.29, 1.82) is 0 Å². The molecule has 0 radical (unpaired) electrons. The molecule has 1 N–H and O–H groups in total. The van der Waals surface area contributed by atoms with Crippen LogP contribution in [0.25, 0.3) is 0 Å². The number of allylic oxidation sites excluding steroid dienone is 2. The summed E-state index contributed by atoms with van der Waals surface area (Å²) in [6.07, 6.45) is 2.62. The van der Waals surface area contributed by atoms with Crippen LogP contribution in [0.3, 0.4) is 0 Å². The third-order valence-corrected chi connectivity index (χ3v) is 6.26. The molecule has 4 rings (SSSR count). The molecular weight excluding hydrogens is 392 g/mol. The molecule has 2 aromatic rings. The molecule has 1 fully saturated rings. The number of Topliss-reactive ketones (excluding diaryl/α,β-unsaturated/α-hetero) is 2. The first-order valence-corrected chi connectivity index (χ1v) is 10.8. The molecule has 1 aromatic carbocycles. The fourth-order valence-corrected chi connectivity index (χ4v) is 4.74. The second-order valence-electron chi connectivity index (χ2n) is 9.30. The third-order valence-electron chi connectivity index (χ3n) is 6.26. The molecule has 1 atom stereocenters. The summed E-state index contributed by atoms with van der Waals surface area (Å²) in [6, 6.07) is 9.96. The number of carbonyl (C=O) groups excluding carboxylic acids is 2. The minimum absolute atomic E-state index is 0.0169. The molecule has 0 bridgehead atoms. The molecule has 0 amide bonds. The lowest BCUT2D eigenvalue weighted by Gasteiger charge is -2.31. The average molecular weight is 421 g/mol. The van der Waals surface area contributed by atoms with Crippen LogP contribution >= 0.6 is 0 Å². The first-order chi connectivity index (χ1) is 14.8. The lowest BCUT2D eigenvalue weighted by Crippen LogP contribution is -2.32. The topological polar surface area (TPSA) is 92.8 Å². The van der Waals surface area contributed by atoms with Crippen molar-refractivity contribution in [1.82, 2.24) is 5.16 Å². The minimum Gasteiger partial charge on any atom is -0.511 e. The molecule has 1 aromatic heterocycles. The van der Waals surface area contributed by atoms with Crippen molar-refractivity contribution < 1.29 is 19.2 Å².